The Labute approximate surface area is 296 Å². The van der Waals surface area contributed by atoms with Gasteiger partial charge in [0.1, 0.15) is 47.7 Å². The van der Waals surface area contributed by atoms with Crippen molar-refractivity contribution >= 4 is 23.5 Å². The van der Waals surface area contributed by atoms with Crippen LogP contribution in [0.5, 0.6) is 34.5 Å². The van der Waals surface area contributed by atoms with Crippen LogP contribution in [0.2, 0.25) is 0 Å². The number of carbonyl (C=O) groups excluding carboxylic acids is 4. The molecule has 0 spiro atoms. The first-order valence-electron chi connectivity index (χ1n) is 15.9. The molecule has 18 heteroatoms. The minimum absolute atomic E-state index is 0.0631. The fraction of sp³-hybridized carbons (Fsp3) is 0.314. The lowest BCUT2D eigenvalue weighted by Crippen LogP contribution is -2.70. The summed E-state index contributed by atoms with van der Waals surface area (Å²) in [5.74, 6) is -19.5. The van der Waals surface area contributed by atoms with Gasteiger partial charge in [0.2, 0.25) is 17.8 Å². The number of esters is 2. The van der Waals surface area contributed by atoms with E-state index in [1.54, 1.807) is 24.3 Å². The Hall–Kier alpha value is -5.76. The number of hydrogen-bond donors (Lipinski definition) is 9. The highest BCUT2D eigenvalue weighted by Gasteiger charge is 2.70. The number of rotatable bonds is 6. The number of phenolic OH excluding ortho intramolecular Hbond substituents is 4. The van der Waals surface area contributed by atoms with Crippen LogP contribution in [-0.4, -0.2) is 118 Å². The molecule has 1 saturated heterocycles. The van der Waals surface area contributed by atoms with Crippen molar-refractivity contribution in [3.05, 3.63) is 82.4 Å². The van der Waals surface area contributed by atoms with E-state index in [1.165, 1.54) is 0 Å². The summed E-state index contributed by atoms with van der Waals surface area (Å²) in [6.45, 7) is -0.922. The zero-order valence-electron chi connectivity index (χ0n) is 27.0. The maximum absolute atomic E-state index is 13.7. The topological polar surface area (TPSA) is 296 Å². The van der Waals surface area contributed by atoms with Crippen molar-refractivity contribution in [3.63, 3.8) is 0 Å². The molecule has 53 heavy (non-hydrogen) atoms. The van der Waals surface area contributed by atoms with Crippen LogP contribution in [0.25, 0.3) is 0 Å². The van der Waals surface area contributed by atoms with Gasteiger partial charge in [-0.3, -0.25) is 9.59 Å². The van der Waals surface area contributed by atoms with Gasteiger partial charge in [-0.2, -0.15) is 0 Å². The van der Waals surface area contributed by atoms with Gasteiger partial charge >= 0.3 is 17.7 Å². The lowest BCUT2D eigenvalue weighted by molar-refractivity contribution is -0.339. The molecular formula is C35H30O18. The van der Waals surface area contributed by atoms with Gasteiger partial charge in [-0.15, -0.1) is 0 Å². The SMILES string of the molecule is O=C1OC[C@H]2O[C@@H](Oc3cc(O)c(C(=O)CCc4ccccc4)c(O)c3)[C@H](O)[C@@H](O)[C@@H]2OC(=O)c2cc(O)c(O)c3c2[C@H]2C1=CC(=O)[C@@](O)(O3)C2(O)O. The Morgan fingerprint density at radius 2 is 1.57 bits per heavy atom. The van der Waals surface area contributed by atoms with Gasteiger partial charge in [-0.1, -0.05) is 30.3 Å². The second-order valence-electron chi connectivity index (χ2n) is 12.8. The number of fused-ring (bicyclic) bond motifs is 2. The van der Waals surface area contributed by atoms with Crippen LogP contribution < -0.4 is 9.47 Å². The van der Waals surface area contributed by atoms with Crippen molar-refractivity contribution in [1.29, 1.82) is 0 Å². The minimum Gasteiger partial charge on any atom is -0.507 e. The molecule has 7 rings (SSSR count). The zero-order chi connectivity index (χ0) is 38.1. The molecule has 1 aliphatic carbocycles. The number of ketones is 2. The van der Waals surface area contributed by atoms with Crippen molar-refractivity contribution in [2.24, 2.45) is 0 Å². The first-order valence-corrected chi connectivity index (χ1v) is 15.9. The number of Topliss-reactive ketones (excluding diaryl/α,β-unsaturated/α-hetero) is 1. The predicted octanol–water partition coefficient (Wildman–Crippen LogP) is -0.713. The molecule has 7 atom stereocenters. The smallest absolute Gasteiger partial charge is 0.339 e. The zero-order valence-corrected chi connectivity index (χ0v) is 27.0. The largest absolute Gasteiger partial charge is 0.507 e. The molecule has 1 fully saturated rings. The van der Waals surface area contributed by atoms with Gasteiger partial charge in [0, 0.05) is 24.1 Å². The van der Waals surface area contributed by atoms with Crippen LogP contribution in [-0.2, 0) is 30.2 Å². The van der Waals surface area contributed by atoms with Crippen molar-refractivity contribution in [1.82, 2.24) is 0 Å². The first kappa shape index (κ1) is 35.6. The third-order valence-electron chi connectivity index (χ3n) is 9.45. The summed E-state index contributed by atoms with van der Waals surface area (Å²) in [5, 5.41) is 97.3. The number of ether oxygens (including phenoxy) is 5. The van der Waals surface area contributed by atoms with Gasteiger partial charge in [-0.25, -0.2) is 9.59 Å². The quantitative estimate of drug-likeness (QED) is 0.0653. The van der Waals surface area contributed by atoms with Crippen LogP contribution in [0.4, 0.5) is 0 Å². The number of hydrogen-bond acceptors (Lipinski definition) is 18. The Bertz CT molecular complexity index is 2050. The minimum atomic E-state index is -3.68. The molecule has 4 aliphatic rings. The normalized spacial score (nSPS) is 28.6. The summed E-state index contributed by atoms with van der Waals surface area (Å²) in [5.41, 5.74) is -1.94. The van der Waals surface area contributed by atoms with E-state index in [-0.39, 0.29) is 12.2 Å². The summed E-state index contributed by atoms with van der Waals surface area (Å²) < 4.78 is 27.1. The molecule has 3 aromatic carbocycles. The number of aryl methyl sites for hydroxylation is 1. The first-order chi connectivity index (χ1) is 25.0. The molecule has 0 amide bonds. The molecule has 0 aromatic heterocycles. The van der Waals surface area contributed by atoms with Crippen LogP contribution >= 0.6 is 0 Å². The summed E-state index contributed by atoms with van der Waals surface area (Å²) in [4.78, 5) is 52.9. The lowest BCUT2D eigenvalue weighted by Gasteiger charge is -2.49. The molecular weight excluding hydrogens is 708 g/mol. The molecule has 2 bridgehead atoms. The second kappa shape index (κ2) is 12.7. The number of aliphatic hydroxyl groups is 5. The maximum Gasteiger partial charge on any atom is 0.339 e. The van der Waals surface area contributed by atoms with Crippen molar-refractivity contribution in [2.45, 2.75) is 61.0 Å². The standard InChI is InChI=1S/C35H30O18/c36-17(7-6-13-4-2-1-3-5-13)24-18(37)8-14(9-19(24)38)50-33-28(43)27(42)29-21(51-33)12-49-31(44)16-11-22(40)35(48)34(46,47)25(16)23-15(32(45)52-29)10-20(39)26(41)30(23)53-35/h1-5,8-11,21,25,27-29,33,37-39,41-43,46-48H,6-7,12H2/t21-,25-,27-,28-,29-,33-,35-/m1/s1. The maximum atomic E-state index is 13.7. The molecule has 3 aliphatic heterocycles. The molecule has 3 heterocycles. The lowest BCUT2D eigenvalue weighted by atomic mass is 9.70. The Morgan fingerprint density at radius 3 is 2.25 bits per heavy atom. The van der Waals surface area contributed by atoms with E-state index < -0.39 is 129 Å². The average molecular weight is 739 g/mol. The van der Waals surface area contributed by atoms with E-state index in [9.17, 15) is 65.1 Å². The number of aromatic hydroxyl groups is 4. The molecule has 0 radical (unpaired) electrons. The second-order valence-corrected chi connectivity index (χ2v) is 12.8. The molecule has 0 unspecified atom stereocenters. The van der Waals surface area contributed by atoms with Crippen LogP contribution in [0.15, 0.2) is 60.2 Å². The van der Waals surface area contributed by atoms with E-state index in [1.807, 2.05) is 6.07 Å². The van der Waals surface area contributed by atoms with Crippen LogP contribution in [0, 0.1) is 0 Å². The Morgan fingerprint density at radius 1 is 0.887 bits per heavy atom. The number of benzene rings is 3. The summed E-state index contributed by atoms with van der Waals surface area (Å²) in [7, 11) is 0. The summed E-state index contributed by atoms with van der Waals surface area (Å²) in [6.07, 6.45) is -8.91. The fourth-order valence-corrected chi connectivity index (χ4v) is 6.74. The number of cyclic esters (lactones) is 1. The molecule has 278 valence electrons. The highest BCUT2D eigenvalue weighted by Crippen LogP contribution is 2.58. The van der Waals surface area contributed by atoms with Crippen LogP contribution in [0.3, 0.4) is 0 Å². The van der Waals surface area contributed by atoms with Gasteiger partial charge in [0.05, 0.1) is 17.1 Å². The van der Waals surface area contributed by atoms with Gasteiger partial charge in [0.25, 0.3) is 5.79 Å². The Balaban J connectivity index is 1.18. The number of phenols is 4. The van der Waals surface area contributed by atoms with E-state index in [2.05, 4.69) is 0 Å². The van der Waals surface area contributed by atoms with E-state index in [4.69, 9.17) is 23.7 Å². The van der Waals surface area contributed by atoms with Crippen molar-refractivity contribution < 1.29 is 88.8 Å². The van der Waals surface area contributed by atoms with E-state index in [0.717, 1.165) is 17.7 Å². The Kier molecular flexibility index (Phi) is 8.56. The monoisotopic (exact) mass is 738 g/mol. The molecule has 3 aromatic rings. The highest BCUT2D eigenvalue weighted by atomic mass is 16.7. The summed E-state index contributed by atoms with van der Waals surface area (Å²) in [6, 6.07) is 11.5. The van der Waals surface area contributed by atoms with E-state index >= 15 is 0 Å². The summed E-state index contributed by atoms with van der Waals surface area (Å²) >= 11 is 0. The van der Waals surface area contributed by atoms with Crippen molar-refractivity contribution in [3.8, 4) is 34.5 Å². The van der Waals surface area contributed by atoms with Gasteiger partial charge in [-0.05, 0) is 24.1 Å². The molecule has 18 nitrogen and oxygen atoms in total. The third-order valence-corrected chi connectivity index (χ3v) is 9.45. The van der Waals surface area contributed by atoms with Crippen molar-refractivity contribution in [2.75, 3.05) is 6.61 Å². The van der Waals surface area contributed by atoms with Gasteiger partial charge in [0.15, 0.2) is 23.4 Å². The predicted molar refractivity (Wildman–Crippen MR) is 169 cm³/mol. The highest BCUT2D eigenvalue weighted by molar-refractivity contribution is 6.08. The average Bonchev–Trinajstić information content (AvgIpc) is 3.11. The molecule has 0 saturated carbocycles. The fourth-order valence-electron chi connectivity index (χ4n) is 6.74. The van der Waals surface area contributed by atoms with E-state index in [0.29, 0.717) is 18.6 Å². The van der Waals surface area contributed by atoms with Gasteiger partial charge < -0.3 is 69.6 Å². The molecule has 9 N–H and O–H groups in total. The number of aliphatic hydroxyl groups excluding tert-OH is 2. The third kappa shape index (κ3) is 5.68. The number of carbonyl (C=O) groups is 4. The van der Waals surface area contributed by atoms with Crippen LogP contribution in [0.1, 0.15) is 44.2 Å².